The summed E-state index contributed by atoms with van der Waals surface area (Å²) in [5, 5.41) is 3.63. The lowest BCUT2D eigenvalue weighted by Crippen LogP contribution is -2.34. The van der Waals surface area contributed by atoms with Crippen LogP contribution in [-0.2, 0) is 0 Å². The first kappa shape index (κ1) is 13.9. The van der Waals surface area contributed by atoms with Crippen molar-refractivity contribution in [2.24, 2.45) is 0 Å². The molecule has 108 valence electrons. The number of nitrogens with zero attached hydrogens (tertiary/aromatic N) is 2. The summed E-state index contributed by atoms with van der Waals surface area (Å²) >= 11 is 1.84. The third-order valence-corrected chi connectivity index (χ3v) is 5.07. The molecule has 0 spiro atoms. The molecule has 1 saturated heterocycles. The zero-order chi connectivity index (χ0) is 13.8. The molecule has 3 rings (SSSR count). The van der Waals surface area contributed by atoms with E-state index in [4.69, 9.17) is 0 Å². The van der Waals surface area contributed by atoms with Crippen LogP contribution in [0.1, 0.15) is 26.2 Å². The van der Waals surface area contributed by atoms with Crippen molar-refractivity contribution in [3.63, 3.8) is 0 Å². The SMILES string of the molecule is CCCN(CCN1CCCC1)c1cccc2sccc12. The van der Waals surface area contributed by atoms with E-state index < -0.39 is 0 Å². The molecule has 0 N–H and O–H groups in total. The average Bonchev–Trinajstić information content (AvgIpc) is 3.13. The minimum atomic E-state index is 1.16. The molecule has 0 saturated carbocycles. The van der Waals surface area contributed by atoms with Gasteiger partial charge < -0.3 is 9.80 Å². The molecule has 0 unspecified atom stereocenters. The van der Waals surface area contributed by atoms with Crippen LogP contribution in [0.25, 0.3) is 10.1 Å². The third-order valence-electron chi connectivity index (χ3n) is 4.19. The molecule has 0 bridgehead atoms. The molecule has 0 radical (unpaired) electrons. The molecule has 1 fully saturated rings. The van der Waals surface area contributed by atoms with Gasteiger partial charge >= 0.3 is 0 Å². The summed E-state index contributed by atoms with van der Waals surface area (Å²) in [4.78, 5) is 5.18. The Labute approximate surface area is 126 Å². The fourth-order valence-electron chi connectivity index (χ4n) is 3.14. The van der Waals surface area contributed by atoms with E-state index in [1.807, 2.05) is 11.3 Å². The van der Waals surface area contributed by atoms with Crippen molar-refractivity contribution in [2.45, 2.75) is 26.2 Å². The van der Waals surface area contributed by atoms with Crippen molar-refractivity contribution in [3.05, 3.63) is 29.6 Å². The number of likely N-dealkylation sites (tertiary alicyclic amines) is 1. The summed E-state index contributed by atoms with van der Waals surface area (Å²) in [6.45, 7) is 8.38. The maximum atomic E-state index is 2.61. The summed E-state index contributed by atoms with van der Waals surface area (Å²) in [7, 11) is 0. The molecule has 1 aromatic carbocycles. The zero-order valence-corrected chi connectivity index (χ0v) is 13.2. The lowest BCUT2D eigenvalue weighted by Gasteiger charge is -2.27. The van der Waals surface area contributed by atoms with Crippen LogP contribution < -0.4 is 4.90 Å². The van der Waals surface area contributed by atoms with E-state index in [9.17, 15) is 0 Å². The molecule has 0 atom stereocenters. The largest absolute Gasteiger partial charge is 0.370 e. The van der Waals surface area contributed by atoms with E-state index >= 15 is 0 Å². The van der Waals surface area contributed by atoms with Gasteiger partial charge in [0.25, 0.3) is 0 Å². The molecule has 1 aliphatic heterocycles. The molecule has 2 heterocycles. The van der Waals surface area contributed by atoms with Crippen LogP contribution in [-0.4, -0.2) is 37.6 Å². The predicted molar refractivity (Wildman–Crippen MR) is 90.0 cm³/mol. The van der Waals surface area contributed by atoms with Crippen molar-refractivity contribution in [3.8, 4) is 0 Å². The molecule has 2 nitrogen and oxygen atoms in total. The molecule has 3 heteroatoms. The topological polar surface area (TPSA) is 6.48 Å². The number of anilines is 1. The van der Waals surface area contributed by atoms with E-state index in [0.717, 1.165) is 13.1 Å². The number of thiophene rings is 1. The third kappa shape index (κ3) is 2.99. The Balaban J connectivity index is 1.76. The van der Waals surface area contributed by atoms with E-state index in [1.54, 1.807) is 0 Å². The van der Waals surface area contributed by atoms with Gasteiger partial charge in [-0.2, -0.15) is 0 Å². The highest BCUT2D eigenvalue weighted by Gasteiger charge is 2.14. The number of hydrogen-bond acceptors (Lipinski definition) is 3. The highest BCUT2D eigenvalue weighted by molar-refractivity contribution is 7.17. The van der Waals surface area contributed by atoms with Crippen LogP contribution in [0.3, 0.4) is 0 Å². The minimum Gasteiger partial charge on any atom is -0.370 e. The van der Waals surface area contributed by atoms with Gasteiger partial charge in [0.1, 0.15) is 0 Å². The van der Waals surface area contributed by atoms with Crippen LogP contribution in [0.2, 0.25) is 0 Å². The summed E-state index contributed by atoms with van der Waals surface area (Å²) in [5.41, 5.74) is 1.42. The first-order valence-electron chi connectivity index (χ1n) is 7.82. The Morgan fingerprint density at radius 3 is 2.80 bits per heavy atom. The number of hydrogen-bond donors (Lipinski definition) is 0. The zero-order valence-electron chi connectivity index (χ0n) is 12.3. The second-order valence-electron chi connectivity index (χ2n) is 5.65. The monoisotopic (exact) mass is 288 g/mol. The second kappa shape index (κ2) is 6.59. The highest BCUT2D eigenvalue weighted by atomic mass is 32.1. The van der Waals surface area contributed by atoms with Gasteiger partial charge in [0, 0.05) is 35.4 Å². The van der Waals surface area contributed by atoms with Gasteiger partial charge in [-0.25, -0.2) is 0 Å². The highest BCUT2D eigenvalue weighted by Crippen LogP contribution is 2.30. The maximum Gasteiger partial charge on any atom is 0.0454 e. The molecule has 2 aromatic rings. The average molecular weight is 288 g/mol. The Kier molecular flexibility index (Phi) is 4.58. The van der Waals surface area contributed by atoms with Crippen molar-refractivity contribution in [1.82, 2.24) is 4.90 Å². The van der Waals surface area contributed by atoms with E-state index in [-0.39, 0.29) is 0 Å². The fourth-order valence-corrected chi connectivity index (χ4v) is 3.95. The van der Waals surface area contributed by atoms with Crippen molar-refractivity contribution in [2.75, 3.05) is 37.6 Å². The Morgan fingerprint density at radius 1 is 1.15 bits per heavy atom. The number of benzene rings is 1. The first-order chi connectivity index (χ1) is 9.88. The van der Waals surface area contributed by atoms with Gasteiger partial charge in [-0.05, 0) is 55.9 Å². The number of rotatable bonds is 6. The van der Waals surface area contributed by atoms with E-state index in [0.29, 0.717) is 0 Å². The maximum absolute atomic E-state index is 2.61. The Morgan fingerprint density at radius 2 is 2.00 bits per heavy atom. The smallest absolute Gasteiger partial charge is 0.0454 e. The van der Waals surface area contributed by atoms with Gasteiger partial charge in [0.2, 0.25) is 0 Å². The molecule has 0 amide bonds. The van der Waals surface area contributed by atoms with Gasteiger partial charge in [0.15, 0.2) is 0 Å². The summed E-state index contributed by atoms with van der Waals surface area (Å²) in [6, 6.07) is 8.99. The lowest BCUT2D eigenvalue weighted by molar-refractivity contribution is 0.344. The molecule has 0 aliphatic carbocycles. The quantitative estimate of drug-likeness (QED) is 0.785. The van der Waals surface area contributed by atoms with Gasteiger partial charge in [-0.15, -0.1) is 11.3 Å². The Hall–Kier alpha value is -1.06. The second-order valence-corrected chi connectivity index (χ2v) is 6.59. The standard InChI is InChI=1S/C17H24N2S/c1-2-9-19(13-12-18-10-3-4-11-18)16-6-5-7-17-15(16)8-14-20-17/h5-8,14H,2-4,9-13H2,1H3. The van der Waals surface area contributed by atoms with Gasteiger partial charge in [-0.3, -0.25) is 0 Å². The number of fused-ring (bicyclic) bond motifs is 1. The van der Waals surface area contributed by atoms with Crippen molar-refractivity contribution < 1.29 is 0 Å². The fraction of sp³-hybridized carbons (Fsp3) is 0.529. The van der Waals surface area contributed by atoms with Crippen LogP contribution in [0.5, 0.6) is 0 Å². The van der Waals surface area contributed by atoms with Crippen molar-refractivity contribution >= 4 is 27.1 Å². The van der Waals surface area contributed by atoms with Crippen LogP contribution in [0.4, 0.5) is 5.69 Å². The van der Waals surface area contributed by atoms with Gasteiger partial charge in [0.05, 0.1) is 0 Å². The van der Waals surface area contributed by atoms with Gasteiger partial charge in [-0.1, -0.05) is 13.0 Å². The minimum absolute atomic E-state index is 1.16. The summed E-state index contributed by atoms with van der Waals surface area (Å²) < 4.78 is 1.41. The molecule has 20 heavy (non-hydrogen) atoms. The molecular formula is C17H24N2S. The first-order valence-corrected chi connectivity index (χ1v) is 8.70. The van der Waals surface area contributed by atoms with E-state index in [2.05, 4.69) is 46.4 Å². The molecular weight excluding hydrogens is 264 g/mol. The predicted octanol–water partition coefficient (Wildman–Crippen LogP) is 4.21. The molecule has 1 aromatic heterocycles. The Bertz CT molecular complexity index is 543. The van der Waals surface area contributed by atoms with E-state index in [1.165, 1.54) is 54.7 Å². The lowest BCUT2D eigenvalue weighted by atomic mass is 10.2. The van der Waals surface area contributed by atoms with Crippen LogP contribution in [0, 0.1) is 0 Å². The van der Waals surface area contributed by atoms with Crippen molar-refractivity contribution in [1.29, 1.82) is 0 Å². The summed E-state index contributed by atoms with van der Waals surface area (Å²) in [6.07, 6.45) is 3.97. The van der Waals surface area contributed by atoms with Crippen LogP contribution >= 0.6 is 11.3 Å². The van der Waals surface area contributed by atoms with Crippen LogP contribution in [0.15, 0.2) is 29.6 Å². The molecule has 1 aliphatic rings. The summed E-state index contributed by atoms with van der Waals surface area (Å²) in [5.74, 6) is 0. The normalized spacial score (nSPS) is 16.1.